The standard InChI is InChI=1S/C48H62N2O8/c1-27(2)11-41(47(55)57-9)49-23-37-17-29(5)13-33(43(37)51)21-35-15-31(7)19-39(45(35)53)25-50(42(12-28(3)4)48(56)58-10)26-40-20-32(8)16-36(46(40)54)22-34-14-30(6)18-38(24-49)44(34)52/h13-20,27-28,41-42,51-54H,11-12,21-26H2,1-10H3/t41-,42-/m1/s1. The lowest BCUT2D eigenvalue weighted by atomic mass is 9.92. The molecule has 10 nitrogen and oxygen atoms in total. The highest BCUT2D eigenvalue weighted by atomic mass is 16.5. The first kappa shape index (κ1) is 44.1. The van der Waals surface area contributed by atoms with Crippen molar-refractivity contribution in [3.63, 3.8) is 0 Å². The largest absolute Gasteiger partial charge is 0.507 e. The lowest BCUT2D eigenvalue weighted by Crippen LogP contribution is -2.42. The maximum absolute atomic E-state index is 13.5. The second kappa shape index (κ2) is 18.7. The van der Waals surface area contributed by atoms with E-state index in [1.54, 1.807) is 0 Å². The molecule has 4 aromatic rings. The number of methoxy groups -OCH3 is 2. The van der Waals surface area contributed by atoms with Gasteiger partial charge in [-0.2, -0.15) is 0 Å². The smallest absolute Gasteiger partial charge is 0.323 e. The molecule has 0 amide bonds. The van der Waals surface area contributed by atoms with Crippen LogP contribution in [0, 0.1) is 39.5 Å². The maximum Gasteiger partial charge on any atom is 0.323 e. The molecule has 0 unspecified atom stereocenters. The van der Waals surface area contributed by atoms with E-state index in [0.29, 0.717) is 57.3 Å². The van der Waals surface area contributed by atoms with Crippen molar-refractivity contribution < 1.29 is 39.5 Å². The van der Waals surface area contributed by atoms with Crippen molar-refractivity contribution in [2.45, 2.75) is 119 Å². The quantitative estimate of drug-likeness (QED) is 0.129. The summed E-state index contributed by atoms with van der Waals surface area (Å²) in [5.41, 5.74) is 8.41. The molecule has 0 saturated carbocycles. The Kier molecular flexibility index (Phi) is 14.2. The molecule has 0 saturated heterocycles. The van der Waals surface area contributed by atoms with Gasteiger partial charge in [0.25, 0.3) is 0 Å². The summed E-state index contributed by atoms with van der Waals surface area (Å²) in [6, 6.07) is 13.9. The van der Waals surface area contributed by atoms with Gasteiger partial charge >= 0.3 is 11.9 Å². The van der Waals surface area contributed by atoms with Crippen molar-refractivity contribution in [1.82, 2.24) is 9.80 Å². The molecule has 5 rings (SSSR count). The average Bonchev–Trinajstić information content (AvgIpc) is 3.15. The zero-order valence-electron chi connectivity index (χ0n) is 35.9. The van der Waals surface area contributed by atoms with Gasteiger partial charge in [0.2, 0.25) is 0 Å². The van der Waals surface area contributed by atoms with Gasteiger partial charge in [0.05, 0.1) is 14.2 Å². The fourth-order valence-corrected chi connectivity index (χ4v) is 8.55. The Balaban J connectivity index is 1.78. The number of carbonyl (C=O) groups excluding carboxylic acids is 2. The zero-order valence-corrected chi connectivity index (χ0v) is 35.9. The first-order valence-corrected chi connectivity index (χ1v) is 20.3. The Bertz CT molecular complexity index is 1870. The van der Waals surface area contributed by atoms with Crippen LogP contribution in [-0.4, -0.2) is 68.5 Å². The first-order chi connectivity index (χ1) is 27.4. The summed E-state index contributed by atoms with van der Waals surface area (Å²) in [7, 11) is 2.74. The van der Waals surface area contributed by atoms with Crippen LogP contribution in [0.4, 0.5) is 0 Å². The van der Waals surface area contributed by atoms with Crippen molar-refractivity contribution in [3.05, 3.63) is 115 Å². The van der Waals surface area contributed by atoms with Crippen molar-refractivity contribution in [2.24, 2.45) is 11.8 Å². The molecule has 1 aliphatic heterocycles. The van der Waals surface area contributed by atoms with Gasteiger partial charge in [-0.15, -0.1) is 0 Å². The van der Waals surface area contributed by atoms with Gasteiger partial charge in [-0.1, -0.05) is 98.5 Å². The number of esters is 2. The van der Waals surface area contributed by atoms with Crippen LogP contribution in [0.3, 0.4) is 0 Å². The number of hydrogen-bond acceptors (Lipinski definition) is 10. The third-order valence-corrected chi connectivity index (χ3v) is 11.1. The van der Waals surface area contributed by atoms with Gasteiger partial charge in [-0.05, 0) is 74.6 Å². The monoisotopic (exact) mass is 794 g/mol. The minimum atomic E-state index is -0.686. The highest BCUT2D eigenvalue weighted by molar-refractivity contribution is 5.76. The number of hydrogen-bond donors (Lipinski definition) is 4. The molecule has 0 fully saturated rings. The predicted molar refractivity (Wildman–Crippen MR) is 226 cm³/mol. The number of phenols is 4. The molecule has 0 spiro atoms. The number of ether oxygens (including phenoxy) is 2. The van der Waals surface area contributed by atoms with Crippen molar-refractivity contribution in [1.29, 1.82) is 0 Å². The van der Waals surface area contributed by atoms with Crippen molar-refractivity contribution in [3.8, 4) is 23.0 Å². The molecule has 10 heteroatoms. The lowest BCUT2D eigenvalue weighted by molar-refractivity contribution is -0.149. The third kappa shape index (κ3) is 10.3. The average molecular weight is 795 g/mol. The molecular formula is C48H62N2O8. The Hall–Kier alpha value is -5.06. The molecule has 2 atom stereocenters. The number of phenolic OH excluding ortho intramolecular Hbond substituents is 4. The van der Waals surface area contributed by atoms with Crippen LogP contribution in [0.1, 0.15) is 107 Å². The summed E-state index contributed by atoms with van der Waals surface area (Å²) >= 11 is 0. The van der Waals surface area contributed by atoms with Gasteiger partial charge in [-0.3, -0.25) is 19.4 Å². The maximum atomic E-state index is 13.5. The molecule has 4 N–H and O–H groups in total. The molecule has 4 aromatic carbocycles. The second-order valence-corrected chi connectivity index (χ2v) is 17.2. The van der Waals surface area contributed by atoms with Gasteiger partial charge < -0.3 is 29.9 Å². The molecule has 8 bridgehead atoms. The summed E-state index contributed by atoms with van der Waals surface area (Å²) in [5.74, 6) is -0.314. The summed E-state index contributed by atoms with van der Waals surface area (Å²) < 4.78 is 10.7. The van der Waals surface area contributed by atoms with E-state index < -0.39 is 24.0 Å². The molecule has 1 aliphatic rings. The van der Waals surface area contributed by atoms with Crippen LogP contribution in [0.25, 0.3) is 0 Å². The Morgan fingerprint density at radius 2 is 0.707 bits per heavy atom. The zero-order chi connectivity index (χ0) is 42.6. The predicted octanol–water partition coefficient (Wildman–Crippen LogP) is 8.42. The van der Waals surface area contributed by atoms with Crippen molar-refractivity contribution >= 4 is 11.9 Å². The molecule has 1 heterocycles. The molecule has 0 aliphatic carbocycles. The van der Waals surface area contributed by atoms with Gasteiger partial charge in [0.1, 0.15) is 35.1 Å². The minimum Gasteiger partial charge on any atom is -0.507 e. The van der Waals surface area contributed by atoms with Gasteiger partial charge in [0, 0.05) is 61.3 Å². The van der Waals surface area contributed by atoms with E-state index in [-0.39, 0.29) is 73.9 Å². The van der Waals surface area contributed by atoms with E-state index in [9.17, 15) is 30.0 Å². The fourth-order valence-electron chi connectivity index (χ4n) is 8.55. The second-order valence-electron chi connectivity index (χ2n) is 17.2. The molecule has 58 heavy (non-hydrogen) atoms. The van der Waals surface area contributed by atoms with Crippen LogP contribution in [-0.2, 0) is 58.1 Å². The van der Waals surface area contributed by atoms with Crippen LogP contribution in [0.5, 0.6) is 23.0 Å². The normalized spacial score (nSPS) is 15.2. The number of rotatable bonds is 8. The molecule has 0 aromatic heterocycles. The summed E-state index contributed by atoms with van der Waals surface area (Å²) in [4.78, 5) is 31.0. The highest BCUT2D eigenvalue weighted by Gasteiger charge is 2.32. The van der Waals surface area contributed by atoms with Crippen LogP contribution < -0.4 is 0 Å². The Morgan fingerprint density at radius 3 is 0.914 bits per heavy atom. The van der Waals surface area contributed by atoms with E-state index >= 15 is 0 Å². The van der Waals surface area contributed by atoms with Gasteiger partial charge in [0.15, 0.2) is 0 Å². The number of nitrogens with zero attached hydrogens (tertiary/aromatic N) is 2. The lowest BCUT2D eigenvalue weighted by Gasteiger charge is -2.32. The number of carbonyl (C=O) groups is 2. The van der Waals surface area contributed by atoms with Crippen molar-refractivity contribution in [2.75, 3.05) is 14.2 Å². The van der Waals surface area contributed by atoms with E-state index in [1.165, 1.54) is 14.2 Å². The van der Waals surface area contributed by atoms with Gasteiger partial charge in [-0.25, -0.2) is 0 Å². The SMILES string of the molecule is COC(=O)[C@@H](CC(C)C)N1Cc2cc(C)cc(c2O)Cc2cc(C)cc(c2O)CN([C@H](CC(C)C)C(=O)OC)Cc2cc(C)cc(c2O)Cc2cc(C)cc(c2O)C1. The van der Waals surface area contributed by atoms with E-state index in [1.807, 2.05) is 114 Å². The Labute approximate surface area is 344 Å². The van der Waals surface area contributed by atoms with Crippen LogP contribution in [0.15, 0.2) is 48.5 Å². The number of aryl methyl sites for hydroxylation is 4. The number of benzene rings is 4. The first-order valence-electron chi connectivity index (χ1n) is 20.3. The molecule has 0 radical (unpaired) electrons. The van der Waals surface area contributed by atoms with E-state index in [2.05, 4.69) is 0 Å². The molecule has 312 valence electrons. The van der Waals surface area contributed by atoms with Crippen LogP contribution >= 0.6 is 0 Å². The fraction of sp³-hybridized carbons (Fsp3) is 0.458. The van der Waals surface area contributed by atoms with E-state index in [0.717, 1.165) is 22.3 Å². The summed E-state index contributed by atoms with van der Waals surface area (Å²) in [5, 5.41) is 48.0. The highest BCUT2D eigenvalue weighted by Crippen LogP contribution is 2.38. The summed E-state index contributed by atoms with van der Waals surface area (Å²) in [6.07, 6.45) is 1.39. The minimum absolute atomic E-state index is 0.0587. The van der Waals surface area contributed by atoms with Crippen LogP contribution in [0.2, 0.25) is 0 Å². The topological polar surface area (TPSA) is 140 Å². The van der Waals surface area contributed by atoms with E-state index in [4.69, 9.17) is 9.47 Å². The third-order valence-electron chi connectivity index (χ3n) is 11.1. The molecular weight excluding hydrogens is 733 g/mol. The Morgan fingerprint density at radius 1 is 0.483 bits per heavy atom. The number of fused-ring (bicyclic) bond motifs is 8. The number of aromatic hydroxyl groups is 4. The summed E-state index contributed by atoms with van der Waals surface area (Å²) in [6.45, 7) is 16.6.